The van der Waals surface area contributed by atoms with Crippen LogP contribution < -0.4 is 15.5 Å². The molecule has 4 aliphatic rings. The number of rotatable bonds is 10. The number of nitrogens with one attached hydrogen (secondary N) is 2. The van der Waals surface area contributed by atoms with Crippen LogP contribution in [0, 0.1) is 5.92 Å². The van der Waals surface area contributed by atoms with Crippen LogP contribution in [0.15, 0.2) is 24.4 Å². The summed E-state index contributed by atoms with van der Waals surface area (Å²) in [5.41, 5.74) is 2.33. The van der Waals surface area contributed by atoms with E-state index in [4.69, 9.17) is 0 Å². The van der Waals surface area contributed by atoms with E-state index < -0.39 is 11.7 Å². The van der Waals surface area contributed by atoms with Gasteiger partial charge in [-0.15, -0.1) is 0 Å². The minimum Gasteiger partial charge on any atom is -0.371 e. The summed E-state index contributed by atoms with van der Waals surface area (Å²) in [6.45, 7) is 10.0. The summed E-state index contributed by atoms with van der Waals surface area (Å²) < 4.78 is 41.8. The molecule has 12 heteroatoms. The summed E-state index contributed by atoms with van der Waals surface area (Å²) in [4.78, 5) is 30.2. The molecule has 3 aliphatic heterocycles. The molecule has 1 aromatic heterocycles. The molecule has 4 fully saturated rings. The van der Waals surface area contributed by atoms with Crippen molar-refractivity contribution in [2.45, 2.75) is 76.4 Å². The number of anilines is 4. The van der Waals surface area contributed by atoms with Gasteiger partial charge in [0.2, 0.25) is 11.9 Å². The number of likely N-dealkylation sites (N-methyl/N-ethyl adjacent to an activating group) is 1. The second-order valence-corrected chi connectivity index (χ2v) is 13.8. The first kappa shape index (κ1) is 32.8. The Morgan fingerprint density at radius 2 is 1.74 bits per heavy atom. The van der Waals surface area contributed by atoms with E-state index in [0.717, 1.165) is 96.1 Å². The molecule has 6 rings (SSSR count). The smallest absolute Gasteiger partial charge is 0.371 e. The number of benzene rings is 1. The third kappa shape index (κ3) is 8.23. The Labute approximate surface area is 270 Å². The van der Waals surface area contributed by atoms with Crippen LogP contribution in [0.25, 0.3) is 0 Å². The zero-order valence-electron chi connectivity index (χ0n) is 27.3. The van der Waals surface area contributed by atoms with Gasteiger partial charge in [-0.3, -0.25) is 9.69 Å². The zero-order chi connectivity index (χ0) is 32.3. The second-order valence-electron chi connectivity index (χ2n) is 13.8. The molecule has 9 nitrogen and oxygen atoms in total. The molecule has 1 aliphatic carbocycles. The first-order valence-electron chi connectivity index (χ1n) is 17.2. The lowest BCUT2D eigenvalue weighted by Crippen LogP contribution is -2.52. The van der Waals surface area contributed by atoms with Gasteiger partial charge >= 0.3 is 6.18 Å². The van der Waals surface area contributed by atoms with E-state index in [1.165, 1.54) is 11.3 Å². The van der Waals surface area contributed by atoms with Crippen LogP contribution in [-0.2, 0) is 11.0 Å². The molecule has 1 unspecified atom stereocenters. The first-order chi connectivity index (χ1) is 22.1. The van der Waals surface area contributed by atoms with Crippen LogP contribution in [-0.4, -0.2) is 103 Å². The number of piperidine rings is 1. The van der Waals surface area contributed by atoms with Gasteiger partial charge in [0.05, 0.1) is 0 Å². The average Bonchev–Trinajstić information content (AvgIpc) is 3.90. The Kier molecular flexibility index (Phi) is 10.2. The fraction of sp³-hybridized carbons (Fsp3) is 0.676. The number of hydrogen-bond acceptors (Lipinski definition) is 8. The predicted molar refractivity (Wildman–Crippen MR) is 176 cm³/mol. The van der Waals surface area contributed by atoms with Crippen molar-refractivity contribution < 1.29 is 18.0 Å². The van der Waals surface area contributed by atoms with Gasteiger partial charge in [0.25, 0.3) is 0 Å². The van der Waals surface area contributed by atoms with Crippen LogP contribution in [0.5, 0.6) is 0 Å². The quantitative estimate of drug-likeness (QED) is 0.338. The number of aromatic nitrogens is 2. The Balaban J connectivity index is 1.12. The van der Waals surface area contributed by atoms with Crippen LogP contribution in [0.3, 0.4) is 0 Å². The number of carbonyl (C=O) groups is 1. The van der Waals surface area contributed by atoms with E-state index in [9.17, 15) is 18.0 Å². The molecule has 1 atom stereocenters. The molecule has 4 heterocycles. The summed E-state index contributed by atoms with van der Waals surface area (Å²) in [6.07, 6.45) is 4.21. The second kappa shape index (κ2) is 14.3. The van der Waals surface area contributed by atoms with E-state index in [2.05, 4.69) is 54.5 Å². The van der Waals surface area contributed by atoms with E-state index in [1.54, 1.807) is 0 Å². The number of alkyl halides is 3. The summed E-state index contributed by atoms with van der Waals surface area (Å²) in [5.74, 6) is 0.400. The van der Waals surface area contributed by atoms with E-state index in [0.29, 0.717) is 31.5 Å². The Morgan fingerprint density at radius 3 is 2.46 bits per heavy atom. The predicted octanol–water partition coefficient (Wildman–Crippen LogP) is 5.78. The largest absolute Gasteiger partial charge is 0.421 e. The lowest BCUT2D eigenvalue weighted by molar-refractivity contribution is -0.137. The van der Waals surface area contributed by atoms with Crippen LogP contribution >= 0.6 is 0 Å². The van der Waals surface area contributed by atoms with Crippen molar-refractivity contribution in [2.24, 2.45) is 5.92 Å². The summed E-state index contributed by atoms with van der Waals surface area (Å²) in [5, 5.41) is 6.19. The standard InChI is InChI=1S/C34H49F3N8O/c1-24(23-45-13-5-3-4-6-31(45)46)21-38-32-29(34(35,36)37)22-39-33(41-32)40-30-10-9-27(20-28(30)25-7-8-25)43-14-11-26(12-15-43)44-18-16-42(2)17-19-44/h9-10,20,22,24-26H,3-8,11-19,21,23H2,1-2H3,(H2,38,39,40,41). The van der Waals surface area contributed by atoms with Gasteiger partial charge in [-0.25, -0.2) is 4.98 Å². The molecule has 3 saturated heterocycles. The Bertz CT molecular complexity index is 1340. The highest BCUT2D eigenvalue weighted by molar-refractivity contribution is 5.76. The van der Waals surface area contributed by atoms with Crippen molar-refractivity contribution in [1.29, 1.82) is 0 Å². The first-order valence-corrected chi connectivity index (χ1v) is 17.2. The molecule has 1 amide bonds. The highest BCUT2D eigenvalue weighted by Crippen LogP contribution is 2.45. The number of halogens is 3. The van der Waals surface area contributed by atoms with Crippen molar-refractivity contribution >= 4 is 29.0 Å². The Morgan fingerprint density at radius 1 is 0.978 bits per heavy atom. The van der Waals surface area contributed by atoms with Gasteiger partial charge in [0.15, 0.2) is 0 Å². The molecule has 1 aromatic carbocycles. The number of piperazine rings is 1. The number of carbonyl (C=O) groups excluding carboxylic acids is 1. The topological polar surface area (TPSA) is 79.9 Å². The fourth-order valence-corrected chi connectivity index (χ4v) is 7.12. The van der Waals surface area contributed by atoms with Crippen LogP contribution in [0.2, 0.25) is 0 Å². The van der Waals surface area contributed by atoms with Crippen LogP contribution in [0.1, 0.15) is 75.3 Å². The third-order valence-corrected chi connectivity index (χ3v) is 10.1. The minimum absolute atomic E-state index is 0.0462. The summed E-state index contributed by atoms with van der Waals surface area (Å²) in [6, 6.07) is 7.04. The monoisotopic (exact) mass is 642 g/mol. The van der Waals surface area contributed by atoms with Crippen molar-refractivity contribution in [3.05, 3.63) is 35.5 Å². The van der Waals surface area contributed by atoms with Crippen molar-refractivity contribution in [1.82, 2.24) is 24.7 Å². The number of hydrogen-bond donors (Lipinski definition) is 2. The number of likely N-dealkylation sites (tertiary alicyclic amines) is 1. The van der Waals surface area contributed by atoms with Gasteiger partial charge in [-0.05, 0) is 81.2 Å². The number of amides is 1. The van der Waals surface area contributed by atoms with E-state index in [1.807, 2.05) is 17.9 Å². The van der Waals surface area contributed by atoms with Gasteiger partial charge in [0.1, 0.15) is 11.4 Å². The molecule has 252 valence electrons. The highest BCUT2D eigenvalue weighted by Gasteiger charge is 2.36. The van der Waals surface area contributed by atoms with Gasteiger partial charge < -0.3 is 25.3 Å². The van der Waals surface area contributed by atoms with E-state index in [-0.39, 0.29) is 30.1 Å². The lowest BCUT2D eigenvalue weighted by atomic mass is 10.0. The molecule has 0 spiro atoms. The maximum Gasteiger partial charge on any atom is 0.421 e. The lowest BCUT2D eigenvalue weighted by Gasteiger charge is -2.42. The third-order valence-electron chi connectivity index (χ3n) is 10.1. The molecule has 2 aromatic rings. The van der Waals surface area contributed by atoms with Gasteiger partial charge in [0, 0.05) is 88.9 Å². The molecular formula is C34H49F3N8O. The SMILES string of the molecule is CC(CNc1nc(Nc2ccc(N3CCC(N4CCN(C)CC4)CC3)cc2C2CC2)ncc1C(F)(F)F)CN1CCCCCC1=O. The van der Waals surface area contributed by atoms with E-state index >= 15 is 0 Å². The Hall–Kier alpha value is -3.12. The maximum atomic E-state index is 13.9. The highest BCUT2D eigenvalue weighted by atomic mass is 19.4. The molecule has 0 bridgehead atoms. The van der Waals surface area contributed by atoms with Crippen LogP contribution in [0.4, 0.5) is 36.3 Å². The van der Waals surface area contributed by atoms with Gasteiger partial charge in [-0.1, -0.05) is 13.3 Å². The molecular weight excluding hydrogens is 593 g/mol. The maximum absolute atomic E-state index is 13.9. The molecule has 0 radical (unpaired) electrons. The molecule has 1 saturated carbocycles. The zero-order valence-corrected chi connectivity index (χ0v) is 27.3. The molecule has 2 N–H and O–H groups in total. The average molecular weight is 643 g/mol. The summed E-state index contributed by atoms with van der Waals surface area (Å²) in [7, 11) is 2.19. The van der Waals surface area contributed by atoms with Gasteiger partial charge in [-0.2, -0.15) is 18.2 Å². The number of nitrogens with zero attached hydrogens (tertiary/aromatic N) is 6. The molecule has 46 heavy (non-hydrogen) atoms. The van der Waals surface area contributed by atoms with Crippen molar-refractivity contribution in [3.63, 3.8) is 0 Å². The normalized spacial score (nSPS) is 21.7. The van der Waals surface area contributed by atoms with Crippen molar-refractivity contribution in [3.8, 4) is 0 Å². The minimum atomic E-state index is -4.59. The summed E-state index contributed by atoms with van der Waals surface area (Å²) >= 11 is 0. The fourth-order valence-electron chi connectivity index (χ4n) is 7.12. The van der Waals surface area contributed by atoms with Crippen molar-refractivity contribution in [2.75, 3.05) is 81.5 Å².